The van der Waals surface area contributed by atoms with Crippen molar-refractivity contribution < 1.29 is 0 Å². The van der Waals surface area contributed by atoms with Gasteiger partial charge in [0.2, 0.25) is 0 Å². The van der Waals surface area contributed by atoms with Crippen LogP contribution >= 0.6 is 22.6 Å². The van der Waals surface area contributed by atoms with Gasteiger partial charge in [0, 0.05) is 0 Å². The van der Waals surface area contributed by atoms with E-state index in [1.54, 1.807) is 11.0 Å². The summed E-state index contributed by atoms with van der Waals surface area (Å²) in [6.45, 7) is 6.53. The first-order chi connectivity index (χ1) is 9.87. The predicted octanol–water partition coefficient (Wildman–Crippen LogP) is 2.31. The molecule has 21 heavy (non-hydrogen) atoms. The van der Waals surface area contributed by atoms with Crippen LogP contribution in [-0.2, 0) is 6.42 Å². The third-order valence-electron chi connectivity index (χ3n) is 3.03. The molecule has 0 aliphatic heterocycles. The van der Waals surface area contributed by atoms with Gasteiger partial charge in [0.15, 0.2) is 11.5 Å². The van der Waals surface area contributed by atoms with E-state index in [2.05, 4.69) is 68.4 Å². The highest BCUT2D eigenvalue weighted by atomic mass is 127. The van der Waals surface area contributed by atoms with Crippen LogP contribution in [0.3, 0.4) is 0 Å². The molecule has 0 amide bonds. The van der Waals surface area contributed by atoms with Crippen molar-refractivity contribution >= 4 is 39.6 Å². The molecule has 3 heterocycles. The summed E-state index contributed by atoms with van der Waals surface area (Å²) in [5.41, 5.74) is 8.66. The Balaban J connectivity index is 2.15. The SMILES string of the molecule is CC(C)(C)Cc1nn(-c2ncnc3nc[nH]c23)c(N)c1I. The Morgan fingerprint density at radius 3 is 2.76 bits per heavy atom. The Kier molecular flexibility index (Phi) is 3.34. The summed E-state index contributed by atoms with van der Waals surface area (Å²) in [6, 6.07) is 0. The normalized spacial score (nSPS) is 12.2. The summed E-state index contributed by atoms with van der Waals surface area (Å²) in [6.07, 6.45) is 3.90. The largest absolute Gasteiger partial charge is 0.383 e. The predicted molar refractivity (Wildman–Crippen MR) is 89.1 cm³/mol. The molecule has 0 unspecified atom stereocenters. The van der Waals surface area contributed by atoms with E-state index in [4.69, 9.17) is 5.73 Å². The summed E-state index contributed by atoms with van der Waals surface area (Å²) in [5, 5.41) is 4.64. The minimum absolute atomic E-state index is 0.139. The molecule has 0 aromatic carbocycles. The van der Waals surface area contributed by atoms with Crippen LogP contribution in [0, 0.1) is 8.99 Å². The van der Waals surface area contributed by atoms with Crippen LogP contribution in [0.2, 0.25) is 0 Å². The first-order valence-corrected chi connectivity index (χ1v) is 7.62. The van der Waals surface area contributed by atoms with Crippen molar-refractivity contribution in [1.29, 1.82) is 0 Å². The molecule has 0 radical (unpaired) electrons. The first-order valence-electron chi connectivity index (χ1n) is 6.54. The van der Waals surface area contributed by atoms with Crippen LogP contribution in [0.25, 0.3) is 17.0 Å². The molecule has 3 rings (SSSR count). The van der Waals surface area contributed by atoms with Gasteiger partial charge < -0.3 is 10.7 Å². The number of fused-ring (bicyclic) bond motifs is 1. The molecule has 8 heteroatoms. The second kappa shape index (κ2) is 4.93. The van der Waals surface area contributed by atoms with E-state index in [1.807, 2.05) is 0 Å². The highest BCUT2D eigenvalue weighted by Crippen LogP contribution is 2.29. The maximum Gasteiger partial charge on any atom is 0.184 e. The summed E-state index contributed by atoms with van der Waals surface area (Å²) >= 11 is 2.24. The van der Waals surface area contributed by atoms with Crippen LogP contribution in [0.4, 0.5) is 5.82 Å². The van der Waals surface area contributed by atoms with Gasteiger partial charge in [-0.15, -0.1) is 0 Å². The van der Waals surface area contributed by atoms with Gasteiger partial charge in [0.1, 0.15) is 17.7 Å². The van der Waals surface area contributed by atoms with Crippen LogP contribution in [0.1, 0.15) is 26.5 Å². The number of aromatic amines is 1. The molecule has 0 saturated heterocycles. The van der Waals surface area contributed by atoms with Gasteiger partial charge in [-0.3, -0.25) is 0 Å². The minimum atomic E-state index is 0.139. The Morgan fingerprint density at radius 2 is 2.05 bits per heavy atom. The second-order valence-electron chi connectivity index (χ2n) is 6.09. The van der Waals surface area contributed by atoms with E-state index in [0.717, 1.165) is 21.2 Å². The van der Waals surface area contributed by atoms with E-state index >= 15 is 0 Å². The number of nitrogens with zero attached hydrogens (tertiary/aromatic N) is 5. The average Bonchev–Trinajstić information content (AvgIpc) is 2.97. The van der Waals surface area contributed by atoms with Gasteiger partial charge in [-0.1, -0.05) is 20.8 Å². The van der Waals surface area contributed by atoms with Crippen molar-refractivity contribution in [2.24, 2.45) is 5.41 Å². The van der Waals surface area contributed by atoms with Crippen molar-refractivity contribution in [2.45, 2.75) is 27.2 Å². The van der Waals surface area contributed by atoms with E-state index in [0.29, 0.717) is 17.3 Å². The molecule has 3 N–H and O–H groups in total. The highest BCUT2D eigenvalue weighted by Gasteiger charge is 2.22. The van der Waals surface area contributed by atoms with E-state index in [-0.39, 0.29) is 5.41 Å². The maximum absolute atomic E-state index is 6.21. The van der Waals surface area contributed by atoms with Gasteiger partial charge >= 0.3 is 0 Å². The molecule has 110 valence electrons. The number of halogens is 1. The molecule has 7 nitrogen and oxygen atoms in total. The van der Waals surface area contributed by atoms with Crippen LogP contribution < -0.4 is 5.73 Å². The molecule has 0 spiro atoms. The number of anilines is 1. The molecule has 0 aliphatic carbocycles. The zero-order valence-electron chi connectivity index (χ0n) is 12.1. The average molecular weight is 397 g/mol. The van der Waals surface area contributed by atoms with E-state index in [1.165, 1.54) is 6.33 Å². The quantitative estimate of drug-likeness (QED) is 0.647. The standard InChI is InChI=1S/C13H16IN7/c1-13(2,3)4-7-8(14)10(15)21(20-7)12-9-11(17-5-16-9)18-6-19-12/h5-6H,4,15H2,1-3H3,(H,16,17,18,19). The monoisotopic (exact) mass is 397 g/mol. The fourth-order valence-corrected chi connectivity index (χ4v) is 2.68. The third kappa shape index (κ3) is 2.59. The lowest BCUT2D eigenvalue weighted by Gasteiger charge is -2.16. The van der Waals surface area contributed by atoms with Crippen molar-refractivity contribution in [2.75, 3.05) is 5.73 Å². The number of H-pyrrole nitrogens is 1. The van der Waals surface area contributed by atoms with Crippen molar-refractivity contribution in [1.82, 2.24) is 29.7 Å². The van der Waals surface area contributed by atoms with E-state index in [9.17, 15) is 0 Å². The lowest BCUT2D eigenvalue weighted by atomic mass is 9.91. The summed E-state index contributed by atoms with van der Waals surface area (Å²) < 4.78 is 2.62. The van der Waals surface area contributed by atoms with Gasteiger partial charge in [0.05, 0.1) is 15.6 Å². The van der Waals surface area contributed by atoms with Gasteiger partial charge in [0.25, 0.3) is 0 Å². The molecule has 0 saturated carbocycles. The zero-order valence-corrected chi connectivity index (χ0v) is 14.2. The maximum atomic E-state index is 6.21. The number of nitrogen functional groups attached to an aromatic ring is 1. The molecule has 0 fully saturated rings. The summed E-state index contributed by atoms with van der Waals surface area (Å²) in [5.74, 6) is 1.21. The minimum Gasteiger partial charge on any atom is -0.383 e. The van der Waals surface area contributed by atoms with Crippen LogP contribution in [0.5, 0.6) is 0 Å². The lowest BCUT2D eigenvalue weighted by Crippen LogP contribution is -2.11. The topological polar surface area (TPSA) is 98.3 Å². The molecule has 3 aromatic heterocycles. The van der Waals surface area contributed by atoms with Gasteiger partial charge in [-0.25, -0.2) is 15.0 Å². The number of nitrogens with one attached hydrogen (secondary N) is 1. The number of rotatable bonds is 2. The van der Waals surface area contributed by atoms with Crippen LogP contribution in [0.15, 0.2) is 12.7 Å². The molecule has 3 aromatic rings. The number of nitrogens with two attached hydrogens (primary N) is 1. The summed E-state index contributed by atoms with van der Waals surface area (Å²) in [7, 11) is 0. The van der Waals surface area contributed by atoms with Gasteiger partial charge in [-0.2, -0.15) is 9.78 Å². The Bertz CT molecular complexity index is 797. The second-order valence-corrected chi connectivity index (χ2v) is 7.17. The van der Waals surface area contributed by atoms with E-state index < -0.39 is 0 Å². The fraction of sp³-hybridized carbons (Fsp3) is 0.385. The van der Waals surface area contributed by atoms with Gasteiger partial charge in [-0.05, 0) is 34.4 Å². The Hall–Kier alpha value is -1.71. The number of hydrogen-bond acceptors (Lipinski definition) is 5. The number of aromatic nitrogens is 6. The van der Waals surface area contributed by atoms with Crippen molar-refractivity contribution in [3.63, 3.8) is 0 Å². The molecular weight excluding hydrogens is 381 g/mol. The number of imidazole rings is 1. The van der Waals surface area contributed by atoms with Crippen molar-refractivity contribution in [3.05, 3.63) is 21.9 Å². The Labute approximate surface area is 135 Å². The third-order valence-corrected chi connectivity index (χ3v) is 4.20. The molecule has 0 aliphatic rings. The molecular formula is C13H16IN7. The van der Waals surface area contributed by atoms with Crippen LogP contribution in [-0.4, -0.2) is 29.7 Å². The molecule has 0 bridgehead atoms. The highest BCUT2D eigenvalue weighted by molar-refractivity contribution is 14.1. The lowest BCUT2D eigenvalue weighted by molar-refractivity contribution is 0.404. The smallest absolute Gasteiger partial charge is 0.184 e. The fourth-order valence-electron chi connectivity index (χ4n) is 2.15. The first kappa shape index (κ1) is 14.2. The summed E-state index contributed by atoms with van der Waals surface area (Å²) in [4.78, 5) is 15.6. The molecule has 0 atom stereocenters. The number of hydrogen-bond donors (Lipinski definition) is 2. The Morgan fingerprint density at radius 1 is 1.29 bits per heavy atom. The zero-order chi connectivity index (χ0) is 15.2. The van der Waals surface area contributed by atoms with Crippen molar-refractivity contribution in [3.8, 4) is 5.82 Å².